The number of pyridine rings is 1. The number of hydrogen-bond donors (Lipinski definition) is 0. The van der Waals surface area contributed by atoms with Gasteiger partial charge in [-0.3, -0.25) is 9.78 Å². The van der Waals surface area contributed by atoms with Gasteiger partial charge in [-0.1, -0.05) is 18.1 Å². The number of azide groups is 1. The molecule has 0 aliphatic heterocycles. The van der Waals surface area contributed by atoms with Crippen LogP contribution in [0.2, 0.25) is 0 Å². The number of carbonyl (C=O) groups is 1. The van der Waals surface area contributed by atoms with E-state index in [2.05, 4.69) is 21.9 Å². The standard InChI is InChI=1S/C16H22N4O2/c1-11(12-6-8-13(9-7-12)16(21)22-2)15-5-3-4-14(19-15)10-18-20-17/h3-5,11-13H,6-10H2,1-2H3/t11-,12?,13?/m0/s1. The third-order valence-electron chi connectivity index (χ3n) is 4.60. The van der Waals surface area contributed by atoms with Crippen molar-refractivity contribution in [3.05, 3.63) is 40.0 Å². The maximum Gasteiger partial charge on any atom is 0.308 e. The van der Waals surface area contributed by atoms with Crippen LogP contribution in [-0.2, 0) is 16.1 Å². The highest BCUT2D eigenvalue weighted by Gasteiger charge is 2.30. The highest BCUT2D eigenvalue weighted by atomic mass is 16.5. The molecule has 1 aliphatic carbocycles. The quantitative estimate of drug-likeness (QED) is 0.357. The van der Waals surface area contributed by atoms with Gasteiger partial charge in [-0.25, -0.2) is 0 Å². The number of ether oxygens (including phenoxy) is 1. The van der Waals surface area contributed by atoms with Gasteiger partial charge in [0.15, 0.2) is 0 Å². The van der Waals surface area contributed by atoms with E-state index in [1.807, 2.05) is 18.2 Å². The summed E-state index contributed by atoms with van der Waals surface area (Å²) in [6, 6.07) is 5.86. The van der Waals surface area contributed by atoms with Crippen molar-refractivity contribution in [1.82, 2.24) is 4.98 Å². The fourth-order valence-corrected chi connectivity index (χ4v) is 3.21. The SMILES string of the molecule is COC(=O)C1CCC([C@H](C)c2cccc(CN=[N+]=[N-])n2)CC1. The molecule has 1 aromatic heterocycles. The number of hydrogen-bond acceptors (Lipinski definition) is 4. The van der Waals surface area contributed by atoms with Crippen molar-refractivity contribution < 1.29 is 9.53 Å². The van der Waals surface area contributed by atoms with Gasteiger partial charge in [-0.2, -0.15) is 0 Å². The molecule has 1 heterocycles. The molecule has 1 aliphatic rings. The third kappa shape index (κ3) is 3.98. The van der Waals surface area contributed by atoms with E-state index in [-0.39, 0.29) is 18.4 Å². The average Bonchev–Trinajstić information content (AvgIpc) is 2.59. The van der Waals surface area contributed by atoms with Crippen LogP contribution in [0.3, 0.4) is 0 Å². The molecule has 0 amide bonds. The van der Waals surface area contributed by atoms with Crippen LogP contribution < -0.4 is 0 Å². The zero-order valence-electron chi connectivity index (χ0n) is 13.1. The maximum absolute atomic E-state index is 11.6. The molecule has 22 heavy (non-hydrogen) atoms. The number of nitrogens with zero attached hydrogens (tertiary/aromatic N) is 4. The van der Waals surface area contributed by atoms with Gasteiger partial charge in [0.05, 0.1) is 19.6 Å². The van der Waals surface area contributed by atoms with Gasteiger partial charge in [-0.15, -0.1) is 0 Å². The Morgan fingerprint density at radius 1 is 1.45 bits per heavy atom. The Morgan fingerprint density at radius 3 is 2.82 bits per heavy atom. The zero-order valence-corrected chi connectivity index (χ0v) is 13.1. The summed E-state index contributed by atoms with van der Waals surface area (Å²) in [5.74, 6) is 0.839. The van der Waals surface area contributed by atoms with E-state index in [0.29, 0.717) is 11.8 Å². The third-order valence-corrected chi connectivity index (χ3v) is 4.60. The van der Waals surface area contributed by atoms with Gasteiger partial charge in [0.1, 0.15) is 0 Å². The van der Waals surface area contributed by atoms with Crippen LogP contribution in [0, 0.1) is 11.8 Å². The Hall–Kier alpha value is -2.07. The number of rotatable bonds is 5. The highest BCUT2D eigenvalue weighted by molar-refractivity contribution is 5.72. The Morgan fingerprint density at radius 2 is 2.18 bits per heavy atom. The number of aromatic nitrogens is 1. The Kier molecular flexibility index (Phi) is 5.78. The first-order chi connectivity index (χ1) is 10.7. The van der Waals surface area contributed by atoms with Gasteiger partial charge in [-0.05, 0) is 49.3 Å². The minimum atomic E-state index is -0.0828. The molecule has 0 spiro atoms. The molecule has 118 valence electrons. The van der Waals surface area contributed by atoms with Gasteiger partial charge in [0.2, 0.25) is 0 Å². The minimum absolute atomic E-state index is 0.0534. The fraction of sp³-hybridized carbons (Fsp3) is 0.625. The molecule has 6 nitrogen and oxygen atoms in total. The first-order valence-electron chi connectivity index (χ1n) is 7.70. The first kappa shape index (κ1) is 16.3. The van der Waals surface area contributed by atoms with Crippen LogP contribution >= 0.6 is 0 Å². The second-order valence-corrected chi connectivity index (χ2v) is 5.87. The topological polar surface area (TPSA) is 88.0 Å². The van der Waals surface area contributed by atoms with E-state index in [4.69, 9.17) is 10.3 Å². The van der Waals surface area contributed by atoms with Crippen LogP contribution in [0.4, 0.5) is 0 Å². The van der Waals surface area contributed by atoms with Crippen molar-refractivity contribution in [2.24, 2.45) is 17.0 Å². The van der Waals surface area contributed by atoms with Crippen molar-refractivity contribution >= 4 is 5.97 Å². The zero-order chi connectivity index (χ0) is 15.9. The van der Waals surface area contributed by atoms with Gasteiger partial charge in [0.25, 0.3) is 0 Å². The second-order valence-electron chi connectivity index (χ2n) is 5.87. The van der Waals surface area contributed by atoms with E-state index >= 15 is 0 Å². The lowest BCUT2D eigenvalue weighted by molar-refractivity contribution is -0.146. The first-order valence-corrected chi connectivity index (χ1v) is 7.70. The van der Waals surface area contributed by atoms with Crippen LogP contribution in [0.5, 0.6) is 0 Å². The lowest BCUT2D eigenvalue weighted by atomic mass is 9.75. The predicted octanol–water partition coefficient (Wildman–Crippen LogP) is 3.97. The molecule has 1 fully saturated rings. The van der Waals surface area contributed by atoms with E-state index in [0.717, 1.165) is 37.1 Å². The fourth-order valence-electron chi connectivity index (χ4n) is 3.21. The summed E-state index contributed by atoms with van der Waals surface area (Å²) in [6.07, 6.45) is 3.81. The smallest absolute Gasteiger partial charge is 0.308 e. The van der Waals surface area contributed by atoms with Gasteiger partial charge >= 0.3 is 5.97 Å². The molecule has 2 rings (SSSR count). The molecule has 1 aromatic rings. The minimum Gasteiger partial charge on any atom is -0.469 e. The Labute approximate surface area is 130 Å². The molecule has 0 unspecified atom stereocenters. The highest BCUT2D eigenvalue weighted by Crippen LogP contribution is 2.37. The molecular formula is C16H22N4O2. The van der Waals surface area contributed by atoms with Crippen molar-refractivity contribution in [2.45, 2.75) is 45.1 Å². The van der Waals surface area contributed by atoms with E-state index < -0.39 is 0 Å². The largest absolute Gasteiger partial charge is 0.469 e. The molecule has 0 bridgehead atoms. The van der Waals surface area contributed by atoms with E-state index in [9.17, 15) is 4.79 Å². The van der Waals surface area contributed by atoms with Crippen molar-refractivity contribution in [3.63, 3.8) is 0 Å². The van der Waals surface area contributed by atoms with Crippen molar-refractivity contribution in [1.29, 1.82) is 0 Å². The molecule has 0 saturated heterocycles. The van der Waals surface area contributed by atoms with E-state index in [1.165, 1.54) is 7.11 Å². The average molecular weight is 302 g/mol. The number of carbonyl (C=O) groups excluding carboxylic acids is 1. The number of methoxy groups -OCH3 is 1. The summed E-state index contributed by atoms with van der Waals surface area (Å²) < 4.78 is 4.83. The van der Waals surface area contributed by atoms with Gasteiger partial charge < -0.3 is 4.74 Å². The summed E-state index contributed by atoms with van der Waals surface area (Å²) in [7, 11) is 1.45. The summed E-state index contributed by atoms with van der Waals surface area (Å²) in [6.45, 7) is 2.47. The molecule has 0 N–H and O–H groups in total. The molecule has 1 saturated carbocycles. The van der Waals surface area contributed by atoms with E-state index in [1.54, 1.807) is 0 Å². The monoisotopic (exact) mass is 302 g/mol. The lowest BCUT2D eigenvalue weighted by Gasteiger charge is -2.31. The summed E-state index contributed by atoms with van der Waals surface area (Å²) in [5.41, 5.74) is 10.2. The summed E-state index contributed by atoms with van der Waals surface area (Å²) in [4.78, 5) is 19.0. The van der Waals surface area contributed by atoms with Gasteiger partial charge in [0, 0.05) is 22.2 Å². The normalized spacial score (nSPS) is 22.5. The van der Waals surface area contributed by atoms with Crippen molar-refractivity contribution in [2.75, 3.05) is 7.11 Å². The van der Waals surface area contributed by atoms with Crippen LogP contribution in [-0.4, -0.2) is 18.1 Å². The molecular weight excluding hydrogens is 280 g/mol. The van der Waals surface area contributed by atoms with Crippen LogP contribution in [0.25, 0.3) is 10.4 Å². The summed E-state index contributed by atoms with van der Waals surface area (Å²) >= 11 is 0. The maximum atomic E-state index is 11.6. The molecule has 6 heteroatoms. The Balaban J connectivity index is 1.99. The molecule has 0 radical (unpaired) electrons. The summed E-state index contributed by atoms with van der Waals surface area (Å²) in [5, 5.41) is 3.56. The molecule has 1 atom stereocenters. The number of esters is 1. The van der Waals surface area contributed by atoms with Crippen LogP contribution in [0.1, 0.15) is 49.9 Å². The van der Waals surface area contributed by atoms with Crippen LogP contribution in [0.15, 0.2) is 23.3 Å². The second kappa shape index (κ2) is 7.80. The predicted molar refractivity (Wildman–Crippen MR) is 83.0 cm³/mol. The van der Waals surface area contributed by atoms with Crippen molar-refractivity contribution in [3.8, 4) is 0 Å². The lowest BCUT2D eigenvalue weighted by Crippen LogP contribution is -2.25. The molecule has 0 aromatic carbocycles. The Bertz CT molecular complexity index is 561.